The topological polar surface area (TPSA) is 165 Å². The second-order valence-electron chi connectivity index (χ2n) is 10.5. The van der Waals surface area contributed by atoms with Gasteiger partial charge in [-0.15, -0.1) is 0 Å². The number of hydrogen-bond acceptors (Lipinski definition) is 9. The summed E-state index contributed by atoms with van der Waals surface area (Å²) in [7, 11) is 7.15. The molecule has 0 aromatic heterocycles. The molecular weight excluding hydrogens is 466 g/mol. The number of amides is 1. The minimum Gasteiger partial charge on any atom is -0.510 e. The Morgan fingerprint density at radius 1 is 1.14 bits per heavy atom. The van der Waals surface area contributed by atoms with Gasteiger partial charge in [0.05, 0.1) is 11.6 Å². The third-order valence-electron chi connectivity index (χ3n) is 7.75. The molecule has 36 heavy (non-hydrogen) atoms. The quantitative estimate of drug-likeness (QED) is 0.353. The number of phenolic OH excluding ortho intramolecular Hbond substituents is 1. The van der Waals surface area contributed by atoms with Crippen LogP contribution in [0.25, 0.3) is 0 Å². The zero-order valence-corrected chi connectivity index (χ0v) is 20.9. The largest absolute Gasteiger partial charge is 0.510 e. The van der Waals surface area contributed by atoms with Crippen molar-refractivity contribution in [3.8, 4) is 5.75 Å². The van der Waals surface area contributed by atoms with E-state index < -0.39 is 58.0 Å². The molecule has 0 fully saturated rings. The molecule has 1 aromatic carbocycles. The Kier molecular flexibility index (Phi) is 6.48. The lowest BCUT2D eigenvalue weighted by Gasteiger charge is -2.50. The van der Waals surface area contributed by atoms with Crippen LogP contribution >= 0.6 is 0 Å². The highest BCUT2D eigenvalue weighted by Gasteiger charge is 2.63. The average molecular weight is 500 g/mol. The minimum absolute atomic E-state index is 0.0538. The van der Waals surface area contributed by atoms with Crippen molar-refractivity contribution in [3.05, 3.63) is 51.5 Å². The number of likely N-dealkylation sites (N-methyl/N-ethyl adjacent to an activating group) is 1. The number of ketones is 2. The summed E-state index contributed by atoms with van der Waals surface area (Å²) in [6.07, 6.45) is 1.91. The molecule has 3 aliphatic carbocycles. The van der Waals surface area contributed by atoms with Gasteiger partial charge in [0.1, 0.15) is 22.8 Å². The van der Waals surface area contributed by atoms with Gasteiger partial charge >= 0.3 is 0 Å². The smallest absolute Gasteiger partial charge is 0.255 e. The highest BCUT2D eigenvalue weighted by atomic mass is 16.3. The van der Waals surface area contributed by atoms with Gasteiger partial charge in [0, 0.05) is 11.5 Å². The number of aliphatic hydroxyl groups excluding tert-OH is 2. The highest BCUT2D eigenvalue weighted by Crippen LogP contribution is 2.52. The van der Waals surface area contributed by atoms with Crippen molar-refractivity contribution in [2.75, 3.05) is 34.7 Å². The maximum absolute atomic E-state index is 13.7. The molecule has 0 saturated carbocycles. The molecule has 10 heteroatoms. The molecule has 0 aliphatic heterocycles. The van der Waals surface area contributed by atoms with Crippen molar-refractivity contribution in [1.82, 2.24) is 9.80 Å². The third-order valence-corrected chi connectivity index (χ3v) is 7.75. The second-order valence-corrected chi connectivity index (χ2v) is 10.5. The summed E-state index contributed by atoms with van der Waals surface area (Å²) in [6, 6.07) is 2.24. The van der Waals surface area contributed by atoms with Crippen molar-refractivity contribution in [2.45, 2.75) is 37.3 Å². The van der Waals surface area contributed by atoms with Crippen molar-refractivity contribution in [3.63, 3.8) is 0 Å². The van der Waals surface area contributed by atoms with Crippen molar-refractivity contribution in [1.29, 1.82) is 0 Å². The molecule has 0 unspecified atom stereocenters. The van der Waals surface area contributed by atoms with E-state index in [9.17, 15) is 34.8 Å². The number of benzene rings is 1. The van der Waals surface area contributed by atoms with Crippen LogP contribution in [0.4, 0.5) is 0 Å². The first-order chi connectivity index (χ1) is 16.8. The Morgan fingerprint density at radius 2 is 1.81 bits per heavy atom. The molecule has 10 nitrogen and oxygen atoms in total. The van der Waals surface area contributed by atoms with E-state index in [2.05, 4.69) is 4.90 Å². The molecular formula is C26H33N3O7. The summed E-state index contributed by atoms with van der Waals surface area (Å²) in [5, 5.41) is 44.3. The molecule has 4 atom stereocenters. The number of hydrogen-bond donors (Lipinski definition) is 5. The number of carbonyl (C=O) groups excluding carboxylic acids is 3. The fraction of sp³-hybridized carbons (Fsp3) is 0.500. The lowest BCUT2D eigenvalue weighted by atomic mass is 9.58. The van der Waals surface area contributed by atoms with E-state index in [4.69, 9.17) is 5.73 Å². The lowest BCUT2D eigenvalue weighted by molar-refractivity contribution is -0.148. The van der Waals surface area contributed by atoms with Crippen LogP contribution in [-0.4, -0.2) is 94.1 Å². The number of fused-ring (bicyclic) bond motifs is 3. The van der Waals surface area contributed by atoms with Crippen LogP contribution in [-0.2, 0) is 22.4 Å². The van der Waals surface area contributed by atoms with Gasteiger partial charge in [-0.25, -0.2) is 0 Å². The van der Waals surface area contributed by atoms with E-state index in [1.807, 2.05) is 14.1 Å². The molecule has 0 radical (unpaired) electrons. The van der Waals surface area contributed by atoms with Crippen LogP contribution in [0, 0.1) is 11.8 Å². The van der Waals surface area contributed by atoms with Gasteiger partial charge in [-0.1, -0.05) is 6.07 Å². The standard InChI is InChI=1S/C26H33N3O7/c1-28(2)9-5-6-12-7-8-16(30)18-14(12)10-13-11-15-20(29(3)4)22(32)19(25(27)35)24(34)26(15,36)23(33)17(13)21(18)31/h7-8,13,15,20,30,32-33,36H,5-6,9-11H2,1-4H3,(H2,27,35)/t13-,15-,20+,26+/m1/s1. The zero-order chi connectivity index (χ0) is 26.7. The van der Waals surface area contributed by atoms with E-state index in [-0.39, 0.29) is 23.3 Å². The molecule has 0 heterocycles. The van der Waals surface area contributed by atoms with Gasteiger partial charge in [-0.2, -0.15) is 0 Å². The number of nitrogens with two attached hydrogens (primary N) is 1. The van der Waals surface area contributed by atoms with Crippen molar-refractivity contribution >= 4 is 17.5 Å². The molecule has 194 valence electrons. The van der Waals surface area contributed by atoms with E-state index in [1.165, 1.54) is 11.0 Å². The van der Waals surface area contributed by atoms with Crippen LogP contribution in [0.3, 0.4) is 0 Å². The van der Waals surface area contributed by atoms with Crippen LogP contribution < -0.4 is 5.73 Å². The normalized spacial score (nSPS) is 27.9. The predicted octanol–water partition coefficient (Wildman–Crippen LogP) is 0.615. The monoisotopic (exact) mass is 499 g/mol. The maximum Gasteiger partial charge on any atom is 0.255 e. The molecule has 0 spiro atoms. The van der Waals surface area contributed by atoms with E-state index in [1.54, 1.807) is 20.2 Å². The Balaban J connectivity index is 1.86. The number of Topliss-reactive ketones (excluding diaryl/α,β-unsaturated/α-hetero) is 2. The Labute approximate surface area is 209 Å². The van der Waals surface area contributed by atoms with E-state index >= 15 is 0 Å². The number of primary amides is 1. The summed E-state index contributed by atoms with van der Waals surface area (Å²) < 4.78 is 0. The number of phenols is 1. The number of aromatic hydroxyl groups is 1. The second kappa shape index (κ2) is 9.02. The number of rotatable bonds is 6. The SMILES string of the molecule is CN(C)CCCc1ccc(O)c2c1C[C@@H]1C[C@@H]3[C@H](N(C)C)C(O)=C(C(N)=O)C(=O)[C@@]3(O)C(O)=C1C2=O. The van der Waals surface area contributed by atoms with Crippen LogP contribution in [0.2, 0.25) is 0 Å². The fourth-order valence-electron chi connectivity index (χ4n) is 6.13. The van der Waals surface area contributed by atoms with Crippen LogP contribution in [0.5, 0.6) is 5.75 Å². The first kappa shape index (κ1) is 25.9. The molecule has 3 aliphatic rings. The van der Waals surface area contributed by atoms with Gasteiger partial charge in [0.25, 0.3) is 5.91 Å². The summed E-state index contributed by atoms with van der Waals surface area (Å²) in [5.74, 6) is -6.39. The fourth-order valence-corrected chi connectivity index (χ4v) is 6.13. The van der Waals surface area contributed by atoms with E-state index in [0.29, 0.717) is 18.4 Å². The molecule has 6 N–H and O–H groups in total. The van der Waals surface area contributed by atoms with E-state index in [0.717, 1.165) is 18.5 Å². The van der Waals surface area contributed by atoms with Gasteiger partial charge in [0.15, 0.2) is 11.4 Å². The van der Waals surface area contributed by atoms with Gasteiger partial charge in [-0.05, 0) is 83.5 Å². The van der Waals surface area contributed by atoms with Crippen LogP contribution in [0.15, 0.2) is 34.8 Å². The third kappa shape index (κ3) is 3.71. The summed E-state index contributed by atoms with van der Waals surface area (Å²) in [5.41, 5.74) is 3.43. The molecule has 0 bridgehead atoms. The number of carbonyl (C=O) groups is 3. The van der Waals surface area contributed by atoms with Crippen molar-refractivity contribution < 1.29 is 34.8 Å². The first-order valence-electron chi connectivity index (χ1n) is 12.0. The van der Waals surface area contributed by atoms with Gasteiger partial charge in [-0.3, -0.25) is 19.3 Å². The number of aliphatic hydroxyl groups is 3. The number of allylic oxidation sites excluding steroid dienone is 1. The van der Waals surface area contributed by atoms with Crippen LogP contribution in [0.1, 0.15) is 34.3 Å². The summed E-state index contributed by atoms with van der Waals surface area (Å²) >= 11 is 0. The number of nitrogens with zero attached hydrogens (tertiary/aromatic N) is 2. The molecule has 4 rings (SSSR count). The zero-order valence-electron chi connectivity index (χ0n) is 20.9. The average Bonchev–Trinajstić information content (AvgIpc) is 2.77. The predicted molar refractivity (Wildman–Crippen MR) is 131 cm³/mol. The Morgan fingerprint density at radius 3 is 2.39 bits per heavy atom. The highest BCUT2D eigenvalue weighted by molar-refractivity contribution is 6.24. The van der Waals surface area contributed by atoms with Gasteiger partial charge in [0.2, 0.25) is 5.78 Å². The first-order valence-corrected chi connectivity index (χ1v) is 12.0. The molecule has 1 aromatic rings. The maximum atomic E-state index is 13.7. The van der Waals surface area contributed by atoms with Crippen molar-refractivity contribution in [2.24, 2.45) is 17.6 Å². The van der Waals surface area contributed by atoms with Gasteiger partial charge < -0.3 is 31.1 Å². The Bertz CT molecular complexity index is 1220. The minimum atomic E-state index is -2.62. The lowest BCUT2D eigenvalue weighted by Crippen LogP contribution is -2.63. The summed E-state index contributed by atoms with van der Waals surface area (Å²) in [6.45, 7) is 0.842. The molecule has 1 amide bonds. The molecule has 0 saturated heterocycles. The Hall–Kier alpha value is -3.21. The summed E-state index contributed by atoms with van der Waals surface area (Å²) in [4.78, 5) is 42.6. The number of aryl methyl sites for hydroxylation is 1.